The molecule has 6 heteroatoms. The van der Waals surface area contributed by atoms with Gasteiger partial charge < -0.3 is 10.0 Å². The number of piperidine rings is 1. The van der Waals surface area contributed by atoms with Gasteiger partial charge in [-0.15, -0.1) is 0 Å². The molecule has 6 nitrogen and oxygen atoms in total. The number of aromatic amines is 1. The van der Waals surface area contributed by atoms with Gasteiger partial charge in [0, 0.05) is 25.7 Å². The molecule has 0 aromatic carbocycles. The second-order valence-corrected chi connectivity index (χ2v) is 6.95. The van der Waals surface area contributed by atoms with Gasteiger partial charge in [-0.25, -0.2) is 0 Å². The maximum atomic E-state index is 12.5. The summed E-state index contributed by atoms with van der Waals surface area (Å²) < 4.78 is 0. The van der Waals surface area contributed by atoms with Crippen molar-refractivity contribution in [3.8, 4) is 0 Å². The lowest BCUT2D eigenvalue weighted by molar-refractivity contribution is -0.154. The van der Waals surface area contributed by atoms with Crippen LogP contribution in [0.5, 0.6) is 0 Å². The van der Waals surface area contributed by atoms with Crippen LogP contribution in [0.2, 0.25) is 0 Å². The molecule has 0 spiro atoms. The third-order valence-corrected chi connectivity index (χ3v) is 4.70. The fourth-order valence-electron chi connectivity index (χ4n) is 3.19. The molecule has 1 fully saturated rings. The Morgan fingerprint density at radius 1 is 1.46 bits per heavy atom. The summed E-state index contributed by atoms with van der Waals surface area (Å²) >= 11 is 0. The standard InChI is InChI=1S/C18H27N3O3/c1-14(2)7-9-18(17(23)24)8-4-10-21(13-18)16(22)6-3-5-15-11-19-20-12-15/h7,11-12H,3-6,8-10,13H2,1-2H3,(H,19,20)(H,23,24). The summed E-state index contributed by atoms with van der Waals surface area (Å²) in [5.74, 6) is -0.739. The molecule has 2 heterocycles. The minimum atomic E-state index is -0.838. The number of allylic oxidation sites excluding steroid dienone is 2. The van der Waals surface area contributed by atoms with Crippen molar-refractivity contribution in [2.45, 2.75) is 52.4 Å². The number of carboxylic acids is 1. The molecular formula is C18H27N3O3. The second-order valence-electron chi connectivity index (χ2n) is 6.95. The highest BCUT2D eigenvalue weighted by molar-refractivity contribution is 5.80. The number of nitrogens with one attached hydrogen (secondary N) is 1. The van der Waals surface area contributed by atoms with E-state index in [2.05, 4.69) is 10.2 Å². The zero-order chi connectivity index (χ0) is 17.6. The van der Waals surface area contributed by atoms with Crippen LogP contribution in [0.4, 0.5) is 0 Å². The summed E-state index contributed by atoms with van der Waals surface area (Å²) in [5, 5.41) is 16.4. The average molecular weight is 333 g/mol. The molecule has 1 aromatic rings. The SMILES string of the molecule is CC(C)=CCC1(C(=O)O)CCCN(C(=O)CCCc2cn[nH]c2)C1. The summed E-state index contributed by atoms with van der Waals surface area (Å²) in [6, 6.07) is 0. The number of aromatic nitrogens is 2. The van der Waals surface area contributed by atoms with Crippen LogP contribution in [0.1, 0.15) is 51.5 Å². The number of carbonyl (C=O) groups is 2. The smallest absolute Gasteiger partial charge is 0.311 e. The maximum absolute atomic E-state index is 12.5. The quantitative estimate of drug-likeness (QED) is 0.751. The van der Waals surface area contributed by atoms with E-state index in [-0.39, 0.29) is 5.91 Å². The number of rotatable bonds is 7. The molecule has 1 aromatic heterocycles. The Labute approximate surface area is 142 Å². The number of hydrogen-bond acceptors (Lipinski definition) is 3. The molecule has 1 aliphatic heterocycles. The topological polar surface area (TPSA) is 86.3 Å². The number of hydrogen-bond donors (Lipinski definition) is 2. The van der Waals surface area contributed by atoms with Crippen molar-refractivity contribution in [2.24, 2.45) is 5.41 Å². The predicted octanol–water partition coefficient (Wildman–Crippen LogP) is 2.78. The van der Waals surface area contributed by atoms with Crippen molar-refractivity contribution >= 4 is 11.9 Å². The van der Waals surface area contributed by atoms with Gasteiger partial charge in [0.05, 0.1) is 11.6 Å². The van der Waals surface area contributed by atoms with Crippen LogP contribution in [0.25, 0.3) is 0 Å². The summed E-state index contributed by atoms with van der Waals surface area (Å²) in [7, 11) is 0. The zero-order valence-corrected chi connectivity index (χ0v) is 14.5. The van der Waals surface area contributed by atoms with E-state index in [9.17, 15) is 14.7 Å². The molecule has 132 valence electrons. The van der Waals surface area contributed by atoms with Crippen molar-refractivity contribution in [3.63, 3.8) is 0 Å². The van der Waals surface area contributed by atoms with E-state index in [1.165, 1.54) is 0 Å². The summed E-state index contributed by atoms with van der Waals surface area (Å²) in [5.41, 5.74) is 1.36. The van der Waals surface area contributed by atoms with Gasteiger partial charge >= 0.3 is 5.97 Å². The van der Waals surface area contributed by atoms with E-state index in [0.717, 1.165) is 30.4 Å². The minimum Gasteiger partial charge on any atom is -0.481 e. The summed E-state index contributed by atoms with van der Waals surface area (Å²) in [4.78, 5) is 26.1. The van der Waals surface area contributed by atoms with E-state index in [0.29, 0.717) is 32.4 Å². The normalized spacial score (nSPS) is 20.7. The maximum Gasteiger partial charge on any atom is 0.311 e. The van der Waals surface area contributed by atoms with Crippen LogP contribution >= 0.6 is 0 Å². The molecule has 1 unspecified atom stereocenters. The van der Waals surface area contributed by atoms with Crippen LogP contribution in [-0.4, -0.2) is 45.2 Å². The summed E-state index contributed by atoms with van der Waals surface area (Å²) in [6.07, 6.45) is 9.44. The lowest BCUT2D eigenvalue weighted by Crippen LogP contribution is -2.49. The zero-order valence-electron chi connectivity index (χ0n) is 14.5. The lowest BCUT2D eigenvalue weighted by Gasteiger charge is -2.39. The first-order valence-corrected chi connectivity index (χ1v) is 8.55. The van der Waals surface area contributed by atoms with Crippen LogP contribution < -0.4 is 0 Å². The molecular weight excluding hydrogens is 306 g/mol. The van der Waals surface area contributed by atoms with Crippen LogP contribution in [0.3, 0.4) is 0 Å². The Balaban J connectivity index is 1.93. The number of likely N-dealkylation sites (tertiary alicyclic amines) is 1. The van der Waals surface area contributed by atoms with Gasteiger partial charge in [-0.3, -0.25) is 14.7 Å². The highest BCUT2D eigenvalue weighted by atomic mass is 16.4. The first-order valence-electron chi connectivity index (χ1n) is 8.55. The van der Waals surface area contributed by atoms with Crippen LogP contribution in [0.15, 0.2) is 24.0 Å². The third kappa shape index (κ3) is 4.69. The molecule has 1 amide bonds. The molecule has 0 bridgehead atoms. The number of carbonyl (C=O) groups excluding carboxylic acids is 1. The fourth-order valence-corrected chi connectivity index (χ4v) is 3.19. The Kier molecular flexibility index (Phi) is 6.17. The van der Waals surface area contributed by atoms with Crippen molar-refractivity contribution in [2.75, 3.05) is 13.1 Å². The largest absolute Gasteiger partial charge is 0.481 e. The van der Waals surface area contributed by atoms with E-state index in [4.69, 9.17) is 0 Å². The fraction of sp³-hybridized carbons (Fsp3) is 0.611. The Hall–Kier alpha value is -2.11. The Morgan fingerprint density at radius 2 is 2.25 bits per heavy atom. The van der Waals surface area contributed by atoms with Crippen LogP contribution in [-0.2, 0) is 16.0 Å². The number of carboxylic acid groups (broad SMARTS) is 1. The lowest BCUT2D eigenvalue weighted by atomic mass is 9.76. The van der Waals surface area contributed by atoms with Gasteiger partial charge in [-0.2, -0.15) is 5.10 Å². The second kappa shape index (κ2) is 8.13. The number of amides is 1. The summed E-state index contributed by atoms with van der Waals surface area (Å²) in [6.45, 7) is 4.92. The first kappa shape index (κ1) is 18.2. The third-order valence-electron chi connectivity index (χ3n) is 4.70. The highest BCUT2D eigenvalue weighted by Gasteiger charge is 2.42. The average Bonchev–Trinajstić information content (AvgIpc) is 3.06. The van der Waals surface area contributed by atoms with E-state index < -0.39 is 11.4 Å². The highest BCUT2D eigenvalue weighted by Crippen LogP contribution is 2.35. The van der Waals surface area contributed by atoms with Gasteiger partial charge in [0.1, 0.15) is 0 Å². The number of aryl methyl sites for hydroxylation is 1. The molecule has 24 heavy (non-hydrogen) atoms. The van der Waals surface area contributed by atoms with Gasteiger partial charge in [0.2, 0.25) is 5.91 Å². The van der Waals surface area contributed by atoms with Gasteiger partial charge in [-0.1, -0.05) is 11.6 Å². The van der Waals surface area contributed by atoms with Gasteiger partial charge in [-0.05, 0) is 51.5 Å². The van der Waals surface area contributed by atoms with Crippen molar-refractivity contribution in [3.05, 3.63) is 29.6 Å². The Bertz CT molecular complexity index is 591. The van der Waals surface area contributed by atoms with Gasteiger partial charge in [0.15, 0.2) is 0 Å². The molecule has 0 aliphatic carbocycles. The van der Waals surface area contributed by atoms with E-state index in [1.807, 2.05) is 26.1 Å². The van der Waals surface area contributed by atoms with Gasteiger partial charge in [0.25, 0.3) is 0 Å². The Morgan fingerprint density at radius 3 is 2.88 bits per heavy atom. The predicted molar refractivity (Wildman–Crippen MR) is 91.5 cm³/mol. The first-order chi connectivity index (χ1) is 11.4. The molecule has 0 saturated carbocycles. The number of nitrogens with zero attached hydrogens (tertiary/aromatic N) is 2. The van der Waals surface area contributed by atoms with E-state index >= 15 is 0 Å². The minimum absolute atomic E-state index is 0.0565. The van der Waals surface area contributed by atoms with Crippen LogP contribution in [0, 0.1) is 5.41 Å². The molecule has 2 N–H and O–H groups in total. The van der Waals surface area contributed by atoms with Crippen molar-refractivity contribution < 1.29 is 14.7 Å². The monoisotopic (exact) mass is 333 g/mol. The molecule has 1 atom stereocenters. The molecule has 2 rings (SSSR count). The molecule has 1 saturated heterocycles. The van der Waals surface area contributed by atoms with Crippen molar-refractivity contribution in [1.29, 1.82) is 0 Å². The molecule has 0 radical (unpaired) electrons. The molecule has 1 aliphatic rings. The van der Waals surface area contributed by atoms with Crippen molar-refractivity contribution in [1.82, 2.24) is 15.1 Å². The number of aliphatic carboxylic acids is 1. The number of H-pyrrole nitrogens is 1. The van der Waals surface area contributed by atoms with E-state index in [1.54, 1.807) is 11.1 Å².